The van der Waals surface area contributed by atoms with E-state index >= 15 is 0 Å². The van der Waals surface area contributed by atoms with E-state index in [2.05, 4.69) is 10.6 Å². The van der Waals surface area contributed by atoms with Crippen molar-refractivity contribution in [2.45, 2.75) is 12.5 Å². The molecule has 0 radical (unpaired) electrons. The highest BCUT2D eigenvalue weighted by Gasteiger charge is 2.34. The average molecular weight is 273 g/mol. The van der Waals surface area contributed by atoms with Crippen molar-refractivity contribution in [3.05, 3.63) is 29.3 Å². The summed E-state index contributed by atoms with van der Waals surface area (Å²) >= 11 is 0. The molecule has 0 saturated carbocycles. The number of anilines is 1. The fourth-order valence-electron chi connectivity index (χ4n) is 2.32. The van der Waals surface area contributed by atoms with Crippen molar-refractivity contribution in [1.29, 1.82) is 0 Å². The van der Waals surface area contributed by atoms with Gasteiger partial charge in [-0.15, -0.1) is 0 Å². The van der Waals surface area contributed by atoms with E-state index in [1.807, 2.05) is 0 Å². The molecule has 1 aromatic rings. The molecule has 7 heteroatoms. The van der Waals surface area contributed by atoms with E-state index in [0.717, 1.165) is 4.90 Å². The molecule has 2 heterocycles. The van der Waals surface area contributed by atoms with Crippen molar-refractivity contribution in [2.24, 2.45) is 0 Å². The minimum atomic E-state index is -0.648. The summed E-state index contributed by atoms with van der Waals surface area (Å²) in [7, 11) is 1.42. The number of nitrogens with one attached hydrogen (secondary N) is 2. The Morgan fingerprint density at radius 3 is 2.50 bits per heavy atom. The van der Waals surface area contributed by atoms with Gasteiger partial charge in [-0.1, -0.05) is 0 Å². The fourth-order valence-corrected chi connectivity index (χ4v) is 2.32. The first-order valence-corrected chi connectivity index (χ1v) is 6.04. The van der Waals surface area contributed by atoms with E-state index < -0.39 is 11.9 Å². The largest absolute Gasteiger partial charge is 0.373 e. The number of benzene rings is 1. The second kappa shape index (κ2) is 4.16. The molecule has 1 atom stereocenters. The zero-order valence-corrected chi connectivity index (χ0v) is 10.6. The van der Waals surface area contributed by atoms with E-state index in [1.165, 1.54) is 19.2 Å². The zero-order valence-electron chi connectivity index (χ0n) is 10.6. The molecule has 2 aliphatic rings. The van der Waals surface area contributed by atoms with Crippen LogP contribution in [0, 0.1) is 0 Å². The summed E-state index contributed by atoms with van der Waals surface area (Å²) < 4.78 is 0. The van der Waals surface area contributed by atoms with Crippen LogP contribution in [0.4, 0.5) is 5.69 Å². The maximum absolute atomic E-state index is 11.9. The van der Waals surface area contributed by atoms with Gasteiger partial charge < -0.3 is 5.32 Å². The topological polar surface area (TPSA) is 95.6 Å². The first kappa shape index (κ1) is 12.3. The van der Waals surface area contributed by atoms with Gasteiger partial charge in [-0.3, -0.25) is 29.4 Å². The van der Waals surface area contributed by atoms with Gasteiger partial charge in [0.05, 0.1) is 17.5 Å². The molecule has 0 bridgehead atoms. The van der Waals surface area contributed by atoms with Gasteiger partial charge in [0.15, 0.2) is 0 Å². The fraction of sp³-hybridized carbons (Fsp3) is 0.231. The molecular formula is C13H11N3O4. The molecule has 0 aliphatic carbocycles. The molecule has 0 aromatic heterocycles. The highest BCUT2D eigenvalue weighted by molar-refractivity contribution is 6.21. The lowest BCUT2D eigenvalue weighted by Crippen LogP contribution is -2.30. The van der Waals surface area contributed by atoms with Gasteiger partial charge in [0, 0.05) is 12.7 Å². The van der Waals surface area contributed by atoms with Crippen LogP contribution in [0.25, 0.3) is 0 Å². The second-order valence-corrected chi connectivity index (χ2v) is 4.74. The van der Waals surface area contributed by atoms with E-state index in [1.54, 1.807) is 6.07 Å². The number of nitrogens with zero attached hydrogens (tertiary/aromatic N) is 1. The minimum absolute atomic E-state index is 0.0582. The predicted octanol–water partition coefficient (Wildman–Crippen LogP) is -0.261. The number of carbonyl (C=O) groups excluding carboxylic acids is 4. The van der Waals surface area contributed by atoms with Crippen LogP contribution in [0.3, 0.4) is 0 Å². The molecular weight excluding hydrogens is 262 g/mol. The van der Waals surface area contributed by atoms with Gasteiger partial charge in [-0.25, -0.2) is 0 Å². The SMILES string of the molecule is CN1C(=O)c2ccc(NC3CC(=O)NC3=O)cc2C1=O. The number of rotatable bonds is 2. The second-order valence-electron chi connectivity index (χ2n) is 4.74. The Kier molecular flexibility index (Phi) is 2.56. The maximum Gasteiger partial charge on any atom is 0.261 e. The molecule has 1 fully saturated rings. The quantitative estimate of drug-likeness (QED) is 0.724. The third-order valence-corrected chi connectivity index (χ3v) is 3.40. The number of fused-ring (bicyclic) bond motifs is 1. The van der Waals surface area contributed by atoms with Crippen molar-refractivity contribution in [1.82, 2.24) is 10.2 Å². The monoisotopic (exact) mass is 273 g/mol. The van der Waals surface area contributed by atoms with Gasteiger partial charge in [0.2, 0.25) is 11.8 Å². The van der Waals surface area contributed by atoms with Gasteiger partial charge in [-0.05, 0) is 18.2 Å². The molecule has 7 nitrogen and oxygen atoms in total. The van der Waals surface area contributed by atoms with E-state index in [4.69, 9.17) is 0 Å². The van der Waals surface area contributed by atoms with Crippen molar-refractivity contribution >= 4 is 29.3 Å². The summed E-state index contributed by atoms with van der Waals surface area (Å²) in [6.07, 6.45) is 0.0582. The van der Waals surface area contributed by atoms with E-state index in [0.29, 0.717) is 16.8 Å². The first-order valence-electron chi connectivity index (χ1n) is 6.04. The summed E-state index contributed by atoms with van der Waals surface area (Å²) in [6, 6.07) is 4.02. The van der Waals surface area contributed by atoms with Gasteiger partial charge in [0.25, 0.3) is 11.8 Å². The Labute approximate surface area is 113 Å². The summed E-state index contributed by atoms with van der Waals surface area (Å²) in [4.78, 5) is 47.2. The molecule has 0 spiro atoms. The summed E-state index contributed by atoms with van der Waals surface area (Å²) in [5.74, 6) is -1.44. The highest BCUT2D eigenvalue weighted by atomic mass is 16.2. The number of amides is 4. The zero-order chi connectivity index (χ0) is 14.4. The molecule has 1 unspecified atom stereocenters. The van der Waals surface area contributed by atoms with Crippen LogP contribution >= 0.6 is 0 Å². The van der Waals surface area contributed by atoms with Crippen LogP contribution in [0.2, 0.25) is 0 Å². The van der Waals surface area contributed by atoms with Crippen LogP contribution in [0.1, 0.15) is 27.1 Å². The lowest BCUT2D eigenvalue weighted by atomic mass is 10.1. The van der Waals surface area contributed by atoms with Gasteiger partial charge >= 0.3 is 0 Å². The minimum Gasteiger partial charge on any atom is -0.373 e. The molecule has 102 valence electrons. The lowest BCUT2D eigenvalue weighted by Gasteiger charge is -2.11. The standard InChI is InChI=1S/C13H11N3O4/c1-16-12(19)7-3-2-6(4-8(7)13(16)20)14-9-5-10(17)15-11(9)18/h2-4,9,14H,5H2,1H3,(H,15,17,18). The Hall–Kier alpha value is -2.70. The van der Waals surface area contributed by atoms with Gasteiger partial charge in [-0.2, -0.15) is 0 Å². The van der Waals surface area contributed by atoms with E-state index in [9.17, 15) is 19.2 Å². The number of imide groups is 2. The van der Waals surface area contributed by atoms with Crippen molar-refractivity contribution in [3.8, 4) is 0 Å². The predicted molar refractivity (Wildman–Crippen MR) is 68.0 cm³/mol. The third-order valence-electron chi connectivity index (χ3n) is 3.40. The van der Waals surface area contributed by atoms with Crippen molar-refractivity contribution in [2.75, 3.05) is 12.4 Å². The Bertz CT molecular complexity index is 668. The molecule has 2 N–H and O–H groups in total. The average Bonchev–Trinajstić information content (AvgIpc) is 2.83. The molecule has 2 aliphatic heterocycles. The van der Waals surface area contributed by atoms with Gasteiger partial charge in [0.1, 0.15) is 6.04 Å². The molecule has 1 saturated heterocycles. The van der Waals surface area contributed by atoms with Crippen LogP contribution in [-0.4, -0.2) is 41.6 Å². The molecule has 20 heavy (non-hydrogen) atoms. The summed E-state index contributed by atoms with van der Waals surface area (Å²) in [5, 5.41) is 5.08. The molecule has 4 amide bonds. The van der Waals surface area contributed by atoms with Crippen LogP contribution < -0.4 is 10.6 Å². The van der Waals surface area contributed by atoms with Crippen LogP contribution in [0.15, 0.2) is 18.2 Å². The summed E-state index contributed by atoms with van der Waals surface area (Å²) in [5.41, 5.74) is 1.16. The van der Waals surface area contributed by atoms with E-state index in [-0.39, 0.29) is 24.1 Å². The first-order chi connectivity index (χ1) is 9.47. The third kappa shape index (κ3) is 1.75. The Morgan fingerprint density at radius 2 is 1.85 bits per heavy atom. The van der Waals surface area contributed by atoms with Crippen molar-refractivity contribution < 1.29 is 19.2 Å². The van der Waals surface area contributed by atoms with Crippen LogP contribution in [-0.2, 0) is 9.59 Å². The normalized spacial score (nSPS) is 21.2. The smallest absolute Gasteiger partial charge is 0.261 e. The summed E-state index contributed by atoms with van der Waals surface area (Å²) in [6.45, 7) is 0. The van der Waals surface area contributed by atoms with Crippen molar-refractivity contribution in [3.63, 3.8) is 0 Å². The number of hydrogen-bond acceptors (Lipinski definition) is 5. The number of carbonyl (C=O) groups is 4. The lowest BCUT2D eigenvalue weighted by molar-refractivity contribution is -0.124. The number of hydrogen-bond donors (Lipinski definition) is 2. The molecule has 3 rings (SSSR count). The maximum atomic E-state index is 11.9. The van der Waals surface area contributed by atoms with Crippen LogP contribution in [0.5, 0.6) is 0 Å². The Morgan fingerprint density at radius 1 is 1.15 bits per heavy atom. The Balaban J connectivity index is 1.87. The molecule has 1 aromatic carbocycles. The highest BCUT2D eigenvalue weighted by Crippen LogP contribution is 2.25.